The van der Waals surface area contributed by atoms with Crippen LogP contribution in [0.3, 0.4) is 0 Å². The van der Waals surface area contributed by atoms with E-state index in [-0.39, 0.29) is 23.6 Å². The highest BCUT2D eigenvalue weighted by molar-refractivity contribution is 7.74. The van der Waals surface area contributed by atoms with Gasteiger partial charge in [0.1, 0.15) is 32.1 Å². The number of terminal acetylenes is 2. The Kier molecular flexibility index (Phi) is 20.3. The molecule has 0 radical (unpaired) electrons. The zero-order chi connectivity index (χ0) is 46.5. The lowest BCUT2D eigenvalue weighted by atomic mass is 10.1. The van der Waals surface area contributed by atoms with Crippen LogP contribution < -0.4 is 16.3 Å². The Morgan fingerprint density at radius 2 is 1.45 bits per heavy atom. The largest absolute Gasteiger partial charge is 0.497 e. The molecule has 0 unspecified atom stereocenters. The summed E-state index contributed by atoms with van der Waals surface area (Å²) in [5.74, 6) is 53.5. The molecule has 0 fully saturated rings. The minimum atomic E-state index is -0.293. The number of nitrogens with two attached hydrogens (primary N) is 1. The number of ether oxygens (including phenoxy) is 1. The molecule has 0 saturated heterocycles. The molecule has 0 bridgehead atoms. The van der Waals surface area contributed by atoms with Crippen molar-refractivity contribution in [3.8, 4) is 137 Å². The molecular formula is C44H44N14O4S3. The molecule has 0 amide bonds. The highest BCUT2D eigenvalue weighted by Crippen LogP contribution is 2.37. The summed E-state index contributed by atoms with van der Waals surface area (Å²) in [5, 5.41) is 39.2. The number of benzene rings is 1. The van der Waals surface area contributed by atoms with Gasteiger partial charge in [0.25, 0.3) is 0 Å². The second-order valence-electron chi connectivity index (χ2n) is 11.4. The number of rotatable bonds is 8. The summed E-state index contributed by atoms with van der Waals surface area (Å²) < 4.78 is 12.2. The number of aryl methyl sites for hydroxylation is 1. The summed E-state index contributed by atoms with van der Waals surface area (Å²) in [6.45, 7) is 4.98. The van der Waals surface area contributed by atoms with Gasteiger partial charge in [0.05, 0.1) is 30.6 Å². The fraction of sp³-hybridized carbons (Fsp3) is 0.159. The van der Waals surface area contributed by atoms with Crippen molar-refractivity contribution in [3.63, 3.8) is 0 Å². The first-order valence-electron chi connectivity index (χ1n) is 17.7. The van der Waals surface area contributed by atoms with Gasteiger partial charge in [-0.25, -0.2) is 9.78 Å². The van der Waals surface area contributed by atoms with Gasteiger partial charge in [-0.05, 0) is 131 Å². The zero-order valence-electron chi connectivity index (χ0n) is 33.9. The summed E-state index contributed by atoms with van der Waals surface area (Å²) >= 11 is 6.41. The summed E-state index contributed by atoms with van der Waals surface area (Å²) in [6, 6.07) is 7.81. The molecule has 6 rings (SSSR count). The van der Waals surface area contributed by atoms with Gasteiger partial charge >= 0.3 is 5.69 Å². The van der Waals surface area contributed by atoms with E-state index in [4.69, 9.17) is 17.6 Å². The third kappa shape index (κ3) is 15.8. The maximum atomic E-state index is 13.3. The van der Waals surface area contributed by atoms with E-state index in [1.54, 1.807) is 29.8 Å². The van der Waals surface area contributed by atoms with Crippen LogP contribution in [0.25, 0.3) is 15.9 Å². The van der Waals surface area contributed by atoms with Crippen molar-refractivity contribution in [2.75, 3.05) is 13.7 Å². The molecule has 21 heteroatoms. The number of aromatic nitrogens is 6. The van der Waals surface area contributed by atoms with Crippen molar-refractivity contribution >= 4 is 51.4 Å². The predicted molar refractivity (Wildman–Crippen MR) is 264 cm³/mol. The third-order valence-electron chi connectivity index (χ3n) is 7.49. The molecule has 0 saturated carbocycles. The zero-order valence-corrected chi connectivity index (χ0v) is 36.4. The summed E-state index contributed by atoms with van der Waals surface area (Å²) in [7, 11) is 1.65. The number of fused-ring (bicyclic) bond motifs is 5. The number of thiol groups is 1. The first-order chi connectivity index (χ1) is 31.8. The average molecular weight is 929 g/mol. The Bertz CT molecular complexity index is 3340. The van der Waals surface area contributed by atoms with Crippen LogP contribution in [0, 0.1) is 143 Å². The molecule has 2 N–H and O–H groups in total. The normalized spacial score (nSPS) is 10.5. The van der Waals surface area contributed by atoms with Crippen LogP contribution in [0.4, 0.5) is 0 Å². The summed E-state index contributed by atoms with van der Waals surface area (Å²) in [4.78, 5) is 22.4. The molecular weight excluding hydrogens is 885 g/mol. The number of thiophene rings is 1. The van der Waals surface area contributed by atoms with Crippen LogP contribution in [-0.2, 0) is 30.3 Å². The molecule has 5 heterocycles. The third-order valence-corrected chi connectivity index (χ3v) is 9.70. The molecule has 1 aromatic carbocycles. The maximum absolute atomic E-state index is 13.3. The van der Waals surface area contributed by atoms with Crippen molar-refractivity contribution < 1.29 is 26.9 Å². The van der Waals surface area contributed by atoms with E-state index in [2.05, 4.69) is 193 Å². The number of hydrogen-bond donors (Lipinski definition) is 2. The van der Waals surface area contributed by atoms with E-state index < -0.39 is 0 Å². The Morgan fingerprint density at radius 3 is 1.95 bits per heavy atom. The summed E-state index contributed by atoms with van der Waals surface area (Å²) in [6.07, 6.45) is 12.2. The first-order valence-corrected chi connectivity index (χ1v) is 19.7. The second kappa shape index (κ2) is 27.4. The van der Waals surface area contributed by atoms with Crippen LogP contribution in [-0.4, -0.2) is 52.9 Å². The van der Waals surface area contributed by atoms with E-state index in [1.165, 1.54) is 21.3 Å². The maximum Gasteiger partial charge on any atom is 0.352 e. The van der Waals surface area contributed by atoms with Crippen LogP contribution in [0.1, 0.15) is 38.9 Å². The average Bonchev–Trinajstić information content (AvgIpc) is 4.08. The second-order valence-corrected chi connectivity index (χ2v) is 13.9. The van der Waals surface area contributed by atoms with Gasteiger partial charge in [-0.1, -0.05) is 30.3 Å². The minimum Gasteiger partial charge on any atom is -0.497 e. The monoisotopic (exact) mass is 928 g/mol. The standard InChI is InChI=1S/C22H21N7O2S2.C22H2.H3N7O2S.9H2/c1-13-25-26-18(32-13)11-27-8-7-16-17(10-27)33-21-19(16)20-23-12-24-29(20)22(30)28(21)9-14-3-5-15(31-2)6-4-14;1-3-5-7-9-11-13-15-17-19-21-22-20-18-16-14-12-10-8-6-4-2;1-2-3-4-5-6-7(8)9-10;;;;;;;;;/h3-6,12H,7-11H2,1-2H3;1-2H;10H,(H2,1,3,5);9*1H. The quantitative estimate of drug-likeness (QED) is 0.0483. The Balaban J connectivity index is -0.000000250. The van der Waals surface area contributed by atoms with Crippen LogP contribution >= 0.6 is 35.6 Å². The van der Waals surface area contributed by atoms with E-state index in [0.717, 1.165) is 57.6 Å². The molecule has 0 spiro atoms. The molecule has 0 atom stereocenters. The fourth-order valence-corrected chi connectivity index (χ4v) is 7.24. The molecule has 1 aliphatic rings. The van der Waals surface area contributed by atoms with Crippen molar-refractivity contribution in [1.29, 1.82) is 0 Å². The molecule has 4 aromatic heterocycles. The fourth-order valence-electron chi connectivity index (χ4n) is 5.08. The van der Waals surface area contributed by atoms with Gasteiger partial charge in [0, 0.05) is 59.7 Å². The Hall–Kier alpha value is -9.44. The van der Waals surface area contributed by atoms with Crippen LogP contribution in [0.15, 0.2) is 61.5 Å². The summed E-state index contributed by atoms with van der Waals surface area (Å²) in [5.41, 5.74) is 2.77. The minimum absolute atomic E-state index is 0. The molecule has 1 aliphatic heterocycles. The topological polar surface area (TPSA) is 214 Å². The van der Waals surface area contributed by atoms with Crippen LogP contribution in [0.2, 0.25) is 0 Å². The van der Waals surface area contributed by atoms with Crippen molar-refractivity contribution in [3.05, 3.63) is 72.3 Å². The van der Waals surface area contributed by atoms with Gasteiger partial charge in [-0.15, -0.1) is 45.7 Å². The van der Waals surface area contributed by atoms with E-state index in [0.29, 0.717) is 12.2 Å². The highest BCUT2D eigenvalue weighted by atomic mass is 32.1. The molecule has 332 valence electrons. The lowest BCUT2D eigenvalue weighted by Gasteiger charge is -2.25. The van der Waals surface area contributed by atoms with Gasteiger partial charge in [-0.2, -0.15) is 9.61 Å². The first kappa shape index (κ1) is 48.2. The lowest BCUT2D eigenvalue weighted by molar-refractivity contribution is -0.744. The van der Waals surface area contributed by atoms with Crippen molar-refractivity contribution in [1.82, 2.24) is 34.3 Å². The van der Waals surface area contributed by atoms with Crippen molar-refractivity contribution in [2.45, 2.75) is 33.0 Å². The SMILES string of the molecule is C#CC#CC#CC#CC#CC#CC#CC#CC#CC#CC#C.COc1ccc(Cn2c(=O)n3ncnc3c3c4c(sc32)CN(Cc2nnc(C)s2)CC4)cc1.NN=NN=NN=[N+]([O-])OS.[HH].[HH].[HH].[HH].[HH].[HH].[HH].[HH].[HH]. The molecule has 5 aromatic rings. The number of hydrogen-bond acceptors (Lipinski definition) is 13. The Labute approximate surface area is 399 Å². The Morgan fingerprint density at radius 1 is 0.862 bits per heavy atom. The number of nitrogens with zero attached hydrogens (tertiary/aromatic N) is 13. The van der Waals surface area contributed by atoms with Gasteiger partial charge in [-0.3, -0.25) is 9.47 Å². The molecule has 0 aliphatic carbocycles. The van der Waals surface area contributed by atoms with Gasteiger partial charge in [0.2, 0.25) is 10.4 Å². The van der Waals surface area contributed by atoms with Gasteiger partial charge in [0.15, 0.2) is 5.65 Å². The number of methoxy groups -OCH3 is 1. The smallest absolute Gasteiger partial charge is 0.352 e. The van der Waals surface area contributed by atoms with E-state index in [9.17, 15) is 10.0 Å². The van der Waals surface area contributed by atoms with Gasteiger partial charge < -0.3 is 20.1 Å². The predicted octanol–water partition coefficient (Wildman–Crippen LogP) is 5.71. The lowest BCUT2D eigenvalue weighted by Crippen LogP contribution is -2.29. The molecule has 18 nitrogen and oxygen atoms in total. The molecule has 65 heavy (non-hydrogen) atoms. The highest BCUT2D eigenvalue weighted by Gasteiger charge is 2.26. The van der Waals surface area contributed by atoms with E-state index in [1.807, 2.05) is 35.8 Å². The van der Waals surface area contributed by atoms with Crippen molar-refractivity contribution in [2.24, 2.45) is 32.0 Å². The van der Waals surface area contributed by atoms with Crippen LogP contribution in [0.5, 0.6) is 5.75 Å². The van der Waals surface area contributed by atoms with E-state index >= 15 is 0 Å².